The van der Waals surface area contributed by atoms with Crippen LogP contribution in [0.25, 0.3) is 0 Å². The minimum Gasteiger partial charge on any atom is -0.534 e. The van der Waals surface area contributed by atoms with Crippen molar-refractivity contribution < 1.29 is 28.8 Å². The van der Waals surface area contributed by atoms with Crippen LogP contribution in [0.15, 0.2) is 18.2 Å². The highest BCUT2D eigenvalue weighted by Crippen LogP contribution is 2.30. The highest BCUT2D eigenvalue weighted by Gasteiger charge is 2.37. The van der Waals surface area contributed by atoms with E-state index in [1.807, 2.05) is 13.8 Å². The van der Waals surface area contributed by atoms with E-state index in [1.54, 1.807) is 18.2 Å². The number of amides is 1. The predicted molar refractivity (Wildman–Crippen MR) is 95.7 cm³/mol. The van der Waals surface area contributed by atoms with Crippen LogP contribution in [-0.4, -0.2) is 42.4 Å². The quantitative estimate of drug-likeness (QED) is 0.561. The molecule has 140 valence electrons. The first-order valence-electron chi connectivity index (χ1n) is 8.70. The average molecular weight is 361 g/mol. The molecule has 0 saturated carbocycles. The Labute approximate surface area is 153 Å². The summed E-state index contributed by atoms with van der Waals surface area (Å²) in [7, 11) is -1.29. The molecule has 1 aliphatic heterocycles. The number of benzene rings is 1. The van der Waals surface area contributed by atoms with Gasteiger partial charge in [-0.05, 0) is 30.9 Å². The normalized spacial score (nSPS) is 15.9. The second-order valence-corrected chi connectivity index (χ2v) is 6.87. The van der Waals surface area contributed by atoms with E-state index in [-0.39, 0.29) is 41.8 Å². The average Bonchev–Trinajstić information content (AvgIpc) is 2.58. The molecule has 0 aromatic heterocycles. The number of hydrogen-bond acceptors (Lipinski definition) is 6. The summed E-state index contributed by atoms with van der Waals surface area (Å²) >= 11 is 0. The number of para-hydroxylation sites is 1. The van der Waals surface area contributed by atoms with E-state index in [2.05, 4.69) is 5.32 Å². The Morgan fingerprint density at radius 1 is 1.35 bits per heavy atom. The molecule has 1 atom stereocenters. The van der Waals surface area contributed by atoms with Crippen molar-refractivity contribution in [3.05, 3.63) is 29.3 Å². The zero-order valence-electron chi connectivity index (χ0n) is 15.3. The SMILES string of the molecule is CC(=O)CCC(=O)NC1Cc2cccc(C(=O)OCC(C)C)c2OB1O. The van der Waals surface area contributed by atoms with Crippen LogP contribution >= 0.6 is 0 Å². The van der Waals surface area contributed by atoms with Crippen molar-refractivity contribution in [2.75, 3.05) is 6.61 Å². The van der Waals surface area contributed by atoms with Gasteiger partial charge in [-0.3, -0.25) is 4.79 Å². The number of hydrogen-bond donors (Lipinski definition) is 2. The molecule has 2 rings (SSSR count). The van der Waals surface area contributed by atoms with E-state index < -0.39 is 19.0 Å². The van der Waals surface area contributed by atoms with Crippen molar-refractivity contribution >= 4 is 24.8 Å². The molecule has 0 saturated heterocycles. The van der Waals surface area contributed by atoms with Gasteiger partial charge in [0.1, 0.15) is 17.1 Å². The van der Waals surface area contributed by atoms with E-state index in [1.165, 1.54) is 6.92 Å². The van der Waals surface area contributed by atoms with Crippen LogP contribution < -0.4 is 9.97 Å². The Hall–Kier alpha value is -2.35. The first-order chi connectivity index (χ1) is 12.3. The molecule has 1 aliphatic rings. The standard InChI is InChI=1S/C18H24BNO6/c1-11(2)10-25-18(23)14-6-4-5-13-9-15(19(24)26-17(13)14)20-16(22)8-7-12(3)21/h4-6,11,15,24H,7-10H2,1-3H3,(H,20,22). The Balaban J connectivity index is 2.08. The maximum Gasteiger partial charge on any atom is 0.547 e. The van der Waals surface area contributed by atoms with Crippen LogP contribution in [0.3, 0.4) is 0 Å². The third-order valence-corrected chi connectivity index (χ3v) is 3.94. The number of ether oxygens (including phenoxy) is 1. The highest BCUT2D eigenvalue weighted by atomic mass is 16.5. The summed E-state index contributed by atoms with van der Waals surface area (Å²) in [6.45, 7) is 5.59. The summed E-state index contributed by atoms with van der Waals surface area (Å²) < 4.78 is 10.7. The van der Waals surface area contributed by atoms with Crippen molar-refractivity contribution in [1.29, 1.82) is 0 Å². The summed E-state index contributed by atoms with van der Waals surface area (Å²) in [5, 5.41) is 12.9. The van der Waals surface area contributed by atoms with E-state index in [0.29, 0.717) is 18.6 Å². The molecule has 0 spiro atoms. The Bertz CT molecular complexity index is 690. The van der Waals surface area contributed by atoms with Crippen LogP contribution in [0.4, 0.5) is 0 Å². The Kier molecular flexibility index (Phi) is 6.80. The zero-order chi connectivity index (χ0) is 19.3. The molecule has 1 heterocycles. The van der Waals surface area contributed by atoms with Gasteiger partial charge in [0.2, 0.25) is 5.91 Å². The number of rotatable bonds is 7. The van der Waals surface area contributed by atoms with Gasteiger partial charge in [-0.25, -0.2) is 4.79 Å². The van der Waals surface area contributed by atoms with Crippen molar-refractivity contribution in [3.8, 4) is 5.75 Å². The number of fused-ring (bicyclic) bond motifs is 1. The van der Waals surface area contributed by atoms with Crippen LogP contribution in [0, 0.1) is 5.92 Å². The summed E-state index contributed by atoms with van der Waals surface area (Å²) in [4.78, 5) is 35.1. The molecule has 2 N–H and O–H groups in total. The van der Waals surface area contributed by atoms with Gasteiger partial charge in [0.15, 0.2) is 0 Å². The van der Waals surface area contributed by atoms with Crippen molar-refractivity contribution in [3.63, 3.8) is 0 Å². The molecule has 1 aromatic rings. The number of nitrogens with one attached hydrogen (secondary N) is 1. The Morgan fingerprint density at radius 2 is 2.08 bits per heavy atom. The summed E-state index contributed by atoms with van der Waals surface area (Å²) in [5.74, 6) is -1.07. The van der Waals surface area contributed by atoms with Crippen LogP contribution in [-0.2, 0) is 20.7 Å². The topological polar surface area (TPSA) is 102 Å². The van der Waals surface area contributed by atoms with Crippen LogP contribution in [0.1, 0.15) is 49.5 Å². The van der Waals surface area contributed by atoms with Gasteiger partial charge in [0.05, 0.1) is 12.5 Å². The smallest absolute Gasteiger partial charge is 0.534 e. The lowest BCUT2D eigenvalue weighted by Gasteiger charge is -2.29. The first-order valence-corrected chi connectivity index (χ1v) is 8.70. The molecule has 7 nitrogen and oxygen atoms in total. The minimum absolute atomic E-state index is 0.0625. The largest absolute Gasteiger partial charge is 0.547 e. The number of carbonyl (C=O) groups is 3. The molecule has 0 radical (unpaired) electrons. The predicted octanol–water partition coefficient (Wildman–Crippen LogP) is 1.31. The fraction of sp³-hybridized carbons (Fsp3) is 0.500. The van der Waals surface area contributed by atoms with Gasteiger partial charge in [-0.15, -0.1) is 0 Å². The van der Waals surface area contributed by atoms with E-state index >= 15 is 0 Å². The van der Waals surface area contributed by atoms with Crippen LogP contribution in [0.5, 0.6) is 5.75 Å². The van der Waals surface area contributed by atoms with Gasteiger partial charge in [-0.1, -0.05) is 26.0 Å². The highest BCUT2D eigenvalue weighted by molar-refractivity contribution is 6.47. The second-order valence-electron chi connectivity index (χ2n) is 6.87. The monoisotopic (exact) mass is 361 g/mol. The lowest BCUT2D eigenvalue weighted by atomic mass is 9.72. The molecular formula is C18H24BNO6. The molecule has 0 aliphatic carbocycles. The number of Topliss-reactive ketones (excluding diaryl/α,β-unsaturated/α-hetero) is 1. The van der Waals surface area contributed by atoms with Gasteiger partial charge >= 0.3 is 13.1 Å². The van der Waals surface area contributed by atoms with Crippen molar-refractivity contribution in [2.45, 2.75) is 46.0 Å². The summed E-state index contributed by atoms with van der Waals surface area (Å²) in [6.07, 6.45) is 0.526. The molecule has 8 heteroatoms. The first kappa shape index (κ1) is 20.0. The van der Waals surface area contributed by atoms with Gasteiger partial charge < -0.3 is 24.5 Å². The summed E-state index contributed by atoms with van der Waals surface area (Å²) in [6, 6.07) is 5.07. The van der Waals surface area contributed by atoms with Crippen molar-refractivity contribution in [2.24, 2.45) is 5.92 Å². The van der Waals surface area contributed by atoms with Crippen LogP contribution in [0.2, 0.25) is 0 Å². The van der Waals surface area contributed by atoms with E-state index in [9.17, 15) is 19.4 Å². The van der Waals surface area contributed by atoms with Gasteiger partial charge in [0.25, 0.3) is 0 Å². The molecule has 26 heavy (non-hydrogen) atoms. The van der Waals surface area contributed by atoms with E-state index in [0.717, 1.165) is 0 Å². The number of carbonyl (C=O) groups excluding carboxylic acids is 3. The summed E-state index contributed by atoms with van der Waals surface area (Å²) in [5.41, 5.74) is 0.953. The van der Waals surface area contributed by atoms with Gasteiger partial charge in [0, 0.05) is 12.8 Å². The second kappa shape index (κ2) is 8.85. The molecule has 1 amide bonds. The lowest BCUT2D eigenvalue weighted by molar-refractivity contribution is -0.124. The lowest BCUT2D eigenvalue weighted by Crippen LogP contribution is -2.53. The maximum atomic E-state index is 12.3. The maximum absolute atomic E-state index is 12.3. The molecule has 0 fully saturated rings. The zero-order valence-corrected chi connectivity index (χ0v) is 15.3. The molecule has 1 unspecified atom stereocenters. The van der Waals surface area contributed by atoms with E-state index in [4.69, 9.17) is 9.39 Å². The third-order valence-electron chi connectivity index (χ3n) is 3.94. The third kappa shape index (κ3) is 5.32. The minimum atomic E-state index is -1.29. The number of esters is 1. The Morgan fingerprint density at radius 3 is 2.73 bits per heavy atom. The number of ketones is 1. The van der Waals surface area contributed by atoms with Gasteiger partial charge in [-0.2, -0.15) is 0 Å². The molecule has 0 bridgehead atoms. The van der Waals surface area contributed by atoms with Crippen molar-refractivity contribution in [1.82, 2.24) is 5.32 Å². The molecule has 1 aromatic carbocycles. The fourth-order valence-corrected chi connectivity index (χ4v) is 2.60. The fourth-order valence-electron chi connectivity index (χ4n) is 2.60. The molecular weight excluding hydrogens is 337 g/mol.